The van der Waals surface area contributed by atoms with Crippen LogP contribution in [-0.4, -0.2) is 60.1 Å². The second kappa shape index (κ2) is 5.61. The van der Waals surface area contributed by atoms with Crippen LogP contribution in [0.15, 0.2) is 0 Å². The molecule has 0 spiro atoms. The highest BCUT2D eigenvalue weighted by molar-refractivity contribution is 7.89. The average Bonchev–Trinajstić information content (AvgIpc) is 3.20. The molecule has 23 heavy (non-hydrogen) atoms. The first-order valence-corrected chi connectivity index (χ1v) is 9.48. The minimum absolute atomic E-state index is 0.0471. The number of carbonyl (C=O) groups is 1. The number of hydrogen-bond donors (Lipinski definition) is 0. The van der Waals surface area contributed by atoms with E-state index in [0.29, 0.717) is 0 Å². The topological polar surface area (TPSA) is 57.7 Å². The molecule has 0 radical (unpaired) electrons. The first-order valence-electron chi connectivity index (χ1n) is 7.97. The van der Waals surface area contributed by atoms with Crippen LogP contribution >= 0.6 is 0 Å². The van der Waals surface area contributed by atoms with Crippen molar-refractivity contribution in [3.05, 3.63) is 0 Å². The summed E-state index contributed by atoms with van der Waals surface area (Å²) in [6.45, 7) is 1.23. The Kier molecular flexibility index (Phi) is 4.15. The second-order valence-corrected chi connectivity index (χ2v) is 9.05. The van der Waals surface area contributed by atoms with Gasteiger partial charge in [0, 0.05) is 31.6 Å². The number of alkyl halides is 3. The molecule has 0 aromatic carbocycles. The number of hydrogen-bond acceptors (Lipinski definition) is 3. The third-order valence-electron chi connectivity index (χ3n) is 5.15. The van der Waals surface area contributed by atoms with Gasteiger partial charge >= 0.3 is 6.18 Å². The Balaban J connectivity index is 1.76. The van der Waals surface area contributed by atoms with Gasteiger partial charge in [-0.3, -0.25) is 4.79 Å². The maximum Gasteiger partial charge on any atom is 0.393 e. The van der Waals surface area contributed by atoms with Gasteiger partial charge in [0.25, 0.3) is 0 Å². The summed E-state index contributed by atoms with van der Waals surface area (Å²) < 4.78 is 65.4. The molecule has 2 heterocycles. The monoisotopic (exact) mass is 354 g/mol. The lowest BCUT2D eigenvalue weighted by Crippen LogP contribution is -2.52. The Morgan fingerprint density at radius 2 is 1.74 bits per heavy atom. The van der Waals surface area contributed by atoms with Gasteiger partial charge in [-0.15, -0.1) is 0 Å². The predicted molar refractivity (Wildman–Crippen MR) is 77.0 cm³/mol. The Labute approximate surface area is 133 Å². The lowest BCUT2D eigenvalue weighted by atomic mass is 9.95. The fourth-order valence-electron chi connectivity index (χ4n) is 3.52. The zero-order valence-corrected chi connectivity index (χ0v) is 13.7. The van der Waals surface area contributed by atoms with E-state index >= 15 is 0 Å². The summed E-state index contributed by atoms with van der Waals surface area (Å²) in [5, 5.41) is -0.912. The zero-order valence-electron chi connectivity index (χ0n) is 12.9. The molecule has 1 amide bonds. The molecule has 0 aromatic heterocycles. The zero-order chi connectivity index (χ0) is 17.0. The van der Waals surface area contributed by atoms with Crippen molar-refractivity contribution in [1.82, 2.24) is 9.21 Å². The Hall–Kier alpha value is -0.830. The van der Waals surface area contributed by atoms with Crippen LogP contribution in [0.5, 0.6) is 0 Å². The highest BCUT2D eigenvalue weighted by Gasteiger charge is 2.50. The summed E-state index contributed by atoms with van der Waals surface area (Å²) in [7, 11) is -3.90. The van der Waals surface area contributed by atoms with E-state index in [2.05, 4.69) is 0 Å². The quantitative estimate of drug-likeness (QED) is 0.776. The summed E-state index contributed by atoms with van der Waals surface area (Å²) in [5.41, 5.74) is 0. The van der Waals surface area contributed by atoms with E-state index in [4.69, 9.17) is 0 Å². The van der Waals surface area contributed by atoms with Gasteiger partial charge in [-0.25, -0.2) is 8.42 Å². The Morgan fingerprint density at radius 1 is 1.09 bits per heavy atom. The van der Waals surface area contributed by atoms with Gasteiger partial charge in [-0.05, 0) is 32.6 Å². The summed E-state index contributed by atoms with van der Waals surface area (Å²) in [6, 6.07) is -0.326. The molecule has 3 atom stereocenters. The van der Waals surface area contributed by atoms with E-state index in [-0.39, 0.29) is 37.8 Å². The fraction of sp³-hybridized carbons (Fsp3) is 0.929. The summed E-state index contributed by atoms with van der Waals surface area (Å²) >= 11 is 0. The van der Waals surface area contributed by atoms with E-state index in [0.717, 1.165) is 17.1 Å². The van der Waals surface area contributed by atoms with Crippen LogP contribution in [0, 0.1) is 5.92 Å². The summed E-state index contributed by atoms with van der Waals surface area (Å²) in [6.07, 6.45) is -2.59. The number of piperidine rings is 1. The number of rotatable bonds is 3. The maximum atomic E-state index is 13.0. The molecule has 3 unspecified atom stereocenters. The molecular weight excluding hydrogens is 333 g/mol. The summed E-state index contributed by atoms with van der Waals surface area (Å²) in [4.78, 5) is 13.5. The van der Waals surface area contributed by atoms with Gasteiger partial charge in [-0.1, -0.05) is 0 Å². The van der Waals surface area contributed by atoms with Crippen LogP contribution in [0.4, 0.5) is 13.2 Å². The van der Waals surface area contributed by atoms with Crippen molar-refractivity contribution < 1.29 is 26.4 Å². The van der Waals surface area contributed by atoms with Crippen LogP contribution in [0.3, 0.4) is 0 Å². The molecule has 1 saturated carbocycles. The third-order valence-corrected chi connectivity index (χ3v) is 7.47. The van der Waals surface area contributed by atoms with E-state index in [1.165, 1.54) is 0 Å². The maximum absolute atomic E-state index is 13.0. The number of nitrogens with zero attached hydrogens (tertiary/aromatic N) is 2. The van der Waals surface area contributed by atoms with Gasteiger partial charge in [-0.2, -0.15) is 17.5 Å². The van der Waals surface area contributed by atoms with Crippen molar-refractivity contribution in [1.29, 1.82) is 0 Å². The van der Waals surface area contributed by atoms with Crippen molar-refractivity contribution in [3.63, 3.8) is 0 Å². The number of carbonyl (C=O) groups excluding carboxylic acids is 1. The Morgan fingerprint density at radius 3 is 2.30 bits per heavy atom. The van der Waals surface area contributed by atoms with Gasteiger partial charge in [0.2, 0.25) is 15.9 Å². The SMILES string of the molecule is CC1CCC(C(F)(F)F)CN1S(=O)(=O)C1CC(=O)N(C2CC2)C1. The summed E-state index contributed by atoms with van der Waals surface area (Å²) in [5.74, 6) is -1.82. The smallest absolute Gasteiger partial charge is 0.338 e. The van der Waals surface area contributed by atoms with Crippen molar-refractivity contribution in [3.8, 4) is 0 Å². The van der Waals surface area contributed by atoms with Crippen LogP contribution in [-0.2, 0) is 14.8 Å². The Bertz CT molecular complexity index is 589. The molecule has 0 bridgehead atoms. The molecule has 2 saturated heterocycles. The number of likely N-dealkylation sites (tertiary alicyclic amines) is 1. The van der Waals surface area contributed by atoms with Gasteiger partial charge in [0.1, 0.15) is 5.25 Å². The van der Waals surface area contributed by atoms with Gasteiger partial charge < -0.3 is 4.90 Å². The van der Waals surface area contributed by atoms with E-state index in [9.17, 15) is 26.4 Å². The molecule has 132 valence electrons. The largest absolute Gasteiger partial charge is 0.393 e. The fourth-order valence-corrected chi connectivity index (χ4v) is 5.60. The van der Waals surface area contributed by atoms with Crippen LogP contribution in [0.2, 0.25) is 0 Å². The average molecular weight is 354 g/mol. The molecule has 9 heteroatoms. The van der Waals surface area contributed by atoms with Gasteiger partial charge in [0.05, 0.1) is 5.92 Å². The normalized spacial score (nSPS) is 34.2. The first kappa shape index (κ1) is 17.0. The van der Waals surface area contributed by atoms with Crippen molar-refractivity contribution >= 4 is 15.9 Å². The second-order valence-electron chi connectivity index (χ2n) is 6.88. The molecule has 1 aliphatic carbocycles. The van der Waals surface area contributed by atoms with Crippen molar-refractivity contribution in [2.45, 2.75) is 62.5 Å². The van der Waals surface area contributed by atoms with Crippen LogP contribution < -0.4 is 0 Å². The van der Waals surface area contributed by atoms with E-state index in [1.807, 2.05) is 0 Å². The predicted octanol–water partition coefficient (Wildman–Crippen LogP) is 1.74. The molecule has 3 aliphatic rings. The standard InChI is InChI=1S/C14H21F3N2O3S/c1-9-2-3-10(14(15,16)17)7-19(9)23(21,22)12-6-13(20)18(8-12)11-4-5-11/h9-12H,2-8H2,1H3. The lowest BCUT2D eigenvalue weighted by Gasteiger charge is -2.38. The van der Waals surface area contributed by atoms with Crippen molar-refractivity contribution in [2.24, 2.45) is 5.92 Å². The molecular formula is C14H21F3N2O3S. The molecule has 5 nitrogen and oxygen atoms in total. The lowest BCUT2D eigenvalue weighted by molar-refractivity contribution is -0.184. The van der Waals surface area contributed by atoms with Crippen LogP contribution in [0.25, 0.3) is 0 Å². The first-order chi connectivity index (χ1) is 10.6. The van der Waals surface area contributed by atoms with Gasteiger partial charge in [0.15, 0.2) is 0 Å². The number of sulfonamides is 1. The van der Waals surface area contributed by atoms with Crippen molar-refractivity contribution in [2.75, 3.05) is 13.1 Å². The number of halogens is 3. The van der Waals surface area contributed by atoms with E-state index in [1.54, 1.807) is 11.8 Å². The third kappa shape index (κ3) is 3.22. The number of amides is 1. The molecule has 3 rings (SSSR count). The highest BCUT2D eigenvalue weighted by Crippen LogP contribution is 2.38. The molecule has 3 fully saturated rings. The molecule has 0 aromatic rings. The minimum atomic E-state index is -4.39. The minimum Gasteiger partial charge on any atom is -0.338 e. The van der Waals surface area contributed by atoms with Crippen LogP contribution in [0.1, 0.15) is 39.0 Å². The molecule has 2 aliphatic heterocycles. The highest BCUT2D eigenvalue weighted by atomic mass is 32.2. The van der Waals surface area contributed by atoms with E-state index < -0.39 is 40.0 Å². The molecule has 0 N–H and O–H groups in total.